The molecule has 0 saturated carbocycles. The number of hydrogen-bond acceptors (Lipinski definition) is 6. The van der Waals surface area contributed by atoms with Crippen molar-refractivity contribution in [1.29, 1.82) is 0 Å². The lowest BCUT2D eigenvalue weighted by Crippen LogP contribution is -2.60. The first-order chi connectivity index (χ1) is 22.8. The van der Waals surface area contributed by atoms with Gasteiger partial charge in [-0.2, -0.15) is 0 Å². The molecule has 0 radical (unpaired) electrons. The number of ether oxygens (including phenoxy) is 5. The molecule has 6 rings (SSSR count). The number of hydrogen-bond donors (Lipinski definition) is 0. The minimum atomic E-state index is -0.451. The summed E-state index contributed by atoms with van der Waals surface area (Å²) in [7, 11) is 0. The van der Waals surface area contributed by atoms with E-state index >= 15 is 0 Å². The maximum atomic E-state index is 6.92. The number of benzene rings is 5. The van der Waals surface area contributed by atoms with E-state index in [4.69, 9.17) is 23.7 Å². The minimum absolute atomic E-state index is 0.344. The Morgan fingerprint density at radius 3 is 1.30 bits per heavy atom. The van der Waals surface area contributed by atoms with Crippen molar-refractivity contribution in [3.05, 3.63) is 174 Å². The Morgan fingerprint density at radius 2 is 0.826 bits per heavy atom. The van der Waals surface area contributed by atoms with Crippen molar-refractivity contribution in [2.24, 2.45) is 0 Å². The summed E-state index contributed by atoms with van der Waals surface area (Å²) in [5.74, 6) is 0. The van der Waals surface area contributed by atoms with Crippen molar-refractivity contribution in [3.63, 3.8) is 0 Å². The molecule has 0 amide bonds. The van der Waals surface area contributed by atoms with Crippen LogP contribution in [0.1, 0.15) is 22.3 Å². The van der Waals surface area contributed by atoms with Crippen LogP contribution < -0.4 is 0 Å². The minimum Gasteiger partial charge on any atom is -0.374 e. The fourth-order valence-corrected chi connectivity index (χ4v) is 6.62. The van der Waals surface area contributed by atoms with Gasteiger partial charge >= 0.3 is 0 Å². The molecule has 1 heterocycles. The van der Waals surface area contributed by atoms with E-state index < -0.39 is 24.4 Å². The van der Waals surface area contributed by atoms with Gasteiger partial charge in [0.25, 0.3) is 0 Å². The highest BCUT2D eigenvalue weighted by atomic mass is 32.2. The van der Waals surface area contributed by atoms with Gasteiger partial charge in [-0.3, -0.25) is 0 Å². The van der Waals surface area contributed by atoms with Crippen LogP contribution in [0.5, 0.6) is 0 Å². The van der Waals surface area contributed by atoms with E-state index in [1.54, 1.807) is 11.8 Å². The second kappa shape index (κ2) is 17.2. The van der Waals surface area contributed by atoms with Crippen LogP contribution in [0.25, 0.3) is 0 Å². The largest absolute Gasteiger partial charge is 0.374 e. The van der Waals surface area contributed by atoms with E-state index in [2.05, 4.69) is 60.7 Å². The first kappa shape index (κ1) is 32.2. The Balaban J connectivity index is 1.31. The first-order valence-corrected chi connectivity index (χ1v) is 16.7. The van der Waals surface area contributed by atoms with Crippen LogP contribution in [0.15, 0.2) is 157 Å². The predicted molar refractivity (Wildman–Crippen MR) is 182 cm³/mol. The van der Waals surface area contributed by atoms with E-state index in [9.17, 15) is 0 Å². The van der Waals surface area contributed by atoms with Crippen molar-refractivity contribution in [1.82, 2.24) is 0 Å². The zero-order valence-electron chi connectivity index (χ0n) is 25.8. The molecule has 0 aromatic heterocycles. The molecule has 5 nitrogen and oxygen atoms in total. The predicted octanol–water partition coefficient (Wildman–Crippen LogP) is 8.48. The number of thioether (sulfide) groups is 1. The lowest BCUT2D eigenvalue weighted by atomic mass is 9.98. The molecule has 5 aromatic carbocycles. The standard InChI is InChI=1S/C40H40O5S/c1-6-16-31(17-7-1)26-41-30-36-37(42-27-32-18-8-2-9-19-32)38(43-28-33-20-10-3-11-21-33)39(44-29-34-22-12-4-13-23-34)40(45-36)46-35-24-14-5-15-25-35/h1-25,36-40H,26-30H2/t36-,37-,38+,39+,40?/m1/s1. The van der Waals surface area contributed by atoms with Crippen LogP contribution in [0.4, 0.5) is 0 Å². The lowest BCUT2D eigenvalue weighted by Gasteiger charge is -2.46. The molecule has 5 aromatic rings. The normalized spacial score (nSPS) is 21.2. The van der Waals surface area contributed by atoms with Crippen LogP contribution in [0.2, 0.25) is 0 Å². The molecular formula is C40H40O5S. The molecule has 1 aliphatic rings. The third-order valence-corrected chi connectivity index (χ3v) is 8.99. The first-order valence-electron chi connectivity index (χ1n) is 15.8. The van der Waals surface area contributed by atoms with Crippen molar-refractivity contribution >= 4 is 11.8 Å². The Hall–Kier alpha value is -3.75. The zero-order chi connectivity index (χ0) is 31.2. The maximum Gasteiger partial charge on any atom is 0.137 e. The summed E-state index contributed by atoms with van der Waals surface area (Å²) in [4.78, 5) is 1.09. The van der Waals surface area contributed by atoms with E-state index in [1.807, 2.05) is 91.0 Å². The van der Waals surface area contributed by atoms with Crippen molar-refractivity contribution in [3.8, 4) is 0 Å². The Morgan fingerprint density at radius 1 is 0.435 bits per heavy atom. The van der Waals surface area contributed by atoms with Crippen LogP contribution in [-0.4, -0.2) is 36.5 Å². The highest BCUT2D eigenvalue weighted by Crippen LogP contribution is 2.38. The summed E-state index contributed by atoms with van der Waals surface area (Å²) in [5, 5.41) is 0. The fourth-order valence-electron chi connectivity index (χ4n) is 5.48. The van der Waals surface area contributed by atoms with Gasteiger partial charge in [0, 0.05) is 4.90 Å². The summed E-state index contributed by atoms with van der Waals surface area (Å²) in [6, 6.07) is 51.2. The molecule has 0 N–H and O–H groups in total. The SMILES string of the molecule is c1ccc(COC[C@H]2OC(Sc3ccccc3)[C@@H](OCc3ccccc3)[C@@H](OCc3ccccc3)[C@@H]2OCc2ccccc2)cc1. The Kier molecular flexibility index (Phi) is 12.1. The molecule has 1 aliphatic heterocycles. The van der Waals surface area contributed by atoms with E-state index in [0.717, 1.165) is 27.1 Å². The van der Waals surface area contributed by atoms with Gasteiger partial charge in [0.15, 0.2) is 0 Å². The molecule has 1 unspecified atom stereocenters. The quantitative estimate of drug-likeness (QED) is 0.115. The van der Waals surface area contributed by atoms with Gasteiger partial charge in [-0.25, -0.2) is 0 Å². The maximum absolute atomic E-state index is 6.92. The van der Waals surface area contributed by atoms with Crippen molar-refractivity contribution < 1.29 is 23.7 Å². The summed E-state index contributed by atoms with van der Waals surface area (Å²) in [5.41, 5.74) is 3.99. The average molecular weight is 633 g/mol. The smallest absolute Gasteiger partial charge is 0.137 e. The Bertz CT molecular complexity index is 1540. The molecule has 236 valence electrons. The zero-order valence-corrected chi connectivity index (χ0v) is 26.6. The third kappa shape index (κ3) is 9.39. The molecule has 0 bridgehead atoms. The van der Waals surface area contributed by atoms with Gasteiger partial charge in [0.05, 0.1) is 33.0 Å². The summed E-state index contributed by atoms with van der Waals surface area (Å²) in [6.45, 7) is 2.08. The molecule has 46 heavy (non-hydrogen) atoms. The molecule has 6 heteroatoms. The third-order valence-electron chi connectivity index (χ3n) is 7.84. The van der Waals surface area contributed by atoms with Crippen molar-refractivity contribution in [2.45, 2.75) is 61.2 Å². The van der Waals surface area contributed by atoms with Gasteiger partial charge in [0.2, 0.25) is 0 Å². The topological polar surface area (TPSA) is 46.2 Å². The van der Waals surface area contributed by atoms with Crippen molar-refractivity contribution in [2.75, 3.05) is 6.61 Å². The highest BCUT2D eigenvalue weighted by molar-refractivity contribution is 7.99. The van der Waals surface area contributed by atoms with Crippen LogP contribution in [-0.2, 0) is 50.1 Å². The summed E-state index contributed by atoms with van der Waals surface area (Å²) in [6.07, 6.45) is -1.72. The Labute approximate surface area is 276 Å². The molecule has 0 spiro atoms. The molecular weight excluding hydrogens is 593 g/mol. The number of rotatable bonds is 15. The average Bonchev–Trinajstić information content (AvgIpc) is 3.12. The lowest BCUT2D eigenvalue weighted by molar-refractivity contribution is -0.254. The van der Waals surface area contributed by atoms with E-state index in [-0.39, 0.29) is 5.44 Å². The monoisotopic (exact) mass is 632 g/mol. The van der Waals surface area contributed by atoms with Gasteiger partial charge in [-0.05, 0) is 34.4 Å². The molecule has 5 atom stereocenters. The van der Waals surface area contributed by atoms with Crippen LogP contribution in [0, 0.1) is 0 Å². The summed E-state index contributed by atoms with van der Waals surface area (Å²) < 4.78 is 33.6. The second-order valence-corrected chi connectivity index (χ2v) is 12.4. The van der Waals surface area contributed by atoms with Gasteiger partial charge in [-0.1, -0.05) is 151 Å². The molecule has 1 saturated heterocycles. The van der Waals surface area contributed by atoms with E-state index in [1.165, 1.54) is 0 Å². The van der Waals surface area contributed by atoms with Crippen LogP contribution in [0.3, 0.4) is 0 Å². The second-order valence-electron chi connectivity index (χ2n) is 11.3. The molecule has 1 fully saturated rings. The van der Waals surface area contributed by atoms with Gasteiger partial charge < -0.3 is 23.7 Å². The molecule has 0 aliphatic carbocycles. The summed E-state index contributed by atoms with van der Waals surface area (Å²) >= 11 is 1.64. The fraction of sp³-hybridized carbons (Fsp3) is 0.250. The van der Waals surface area contributed by atoms with Crippen LogP contribution >= 0.6 is 11.8 Å². The highest BCUT2D eigenvalue weighted by Gasteiger charge is 2.48. The van der Waals surface area contributed by atoms with Gasteiger partial charge in [0.1, 0.15) is 29.9 Å². The van der Waals surface area contributed by atoms with Gasteiger partial charge in [-0.15, -0.1) is 0 Å². The van der Waals surface area contributed by atoms with E-state index in [0.29, 0.717) is 33.0 Å².